The number of nitrogens with zero attached hydrogens (tertiary/aromatic N) is 2. The maximum Gasteiger partial charge on any atom is 0.738 e. The van der Waals surface area contributed by atoms with Crippen LogP contribution in [0.3, 0.4) is 0 Å². The topological polar surface area (TPSA) is 7.94 Å². The zero-order valence-corrected chi connectivity index (χ0v) is 17.3. The van der Waals surface area contributed by atoms with Crippen LogP contribution in [0.4, 0.5) is 8.63 Å². The summed E-state index contributed by atoms with van der Waals surface area (Å²) in [5.74, 6) is 0. The maximum atomic E-state index is 15.1. The van der Waals surface area contributed by atoms with Crippen LogP contribution >= 0.6 is 59.4 Å². The molecular weight excluding hydrogens is 532 g/mol. The molecule has 1 aromatic carbocycles. The van der Waals surface area contributed by atoms with Gasteiger partial charge in [0.25, 0.3) is 0 Å². The van der Waals surface area contributed by atoms with Gasteiger partial charge in [-0.1, -0.05) is 33.6 Å². The Hall–Kier alpha value is -0.695. The lowest BCUT2D eigenvalue weighted by atomic mass is 9.86. The first-order valence-electron chi connectivity index (χ1n) is 6.92. The van der Waals surface area contributed by atoms with Gasteiger partial charge in [-0.3, -0.25) is 0 Å². The summed E-state index contributed by atoms with van der Waals surface area (Å²) in [6, 6.07) is 8.70. The van der Waals surface area contributed by atoms with E-state index in [1.165, 1.54) is 0 Å². The number of allylic oxidation sites excluding steroid dienone is 2. The molecule has 0 atom stereocenters. The highest BCUT2D eigenvalue weighted by Gasteiger charge is 2.54. The van der Waals surface area contributed by atoms with E-state index in [-0.39, 0.29) is 0 Å². The van der Waals surface area contributed by atoms with E-state index in [0.717, 1.165) is 13.4 Å². The predicted molar refractivity (Wildman–Crippen MR) is 104 cm³/mol. The zero-order valence-electron chi connectivity index (χ0n) is 11.8. The van der Waals surface area contributed by atoms with E-state index >= 15 is 8.63 Å². The van der Waals surface area contributed by atoms with E-state index in [9.17, 15) is 0 Å². The molecule has 1 aromatic heterocycles. The van der Waals surface area contributed by atoms with Gasteiger partial charge >= 0.3 is 6.97 Å². The molecule has 0 bridgehead atoms. The minimum absolute atomic E-state index is 0.314. The summed E-state index contributed by atoms with van der Waals surface area (Å²) in [7, 11) is 0. The lowest BCUT2D eigenvalue weighted by Gasteiger charge is -2.32. The molecule has 0 amide bonds. The molecule has 0 N–H and O–H groups in total. The highest BCUT2D eigenvalue weighted by molar-refractivity contribution is 9.18. The minimum atomic E-state index is -4.03. The molecule has 4 rings (SSSR count). The molecule has 0 saturated carbocycles. The molecule has 2 nitrogen and oxygen atoms in total. The Kier molecular flexibility index (Phi) is 3.95. The number of hydrogen-bond acceptors (Lipinski definition) is 0. The first-order chi connectivity index (χ1) is 11.3. The highest BCUT2D eigenvalue weighted by Crippen LogP contribution is 2.45. The Labute approximate surface area is 166 Å². The number of aromatic nitrogens is 1. The molecule has 0 fully saturated rings. The van der Waals surface area contributed by atoms with Gasteiger partial charge in [-0.15, -0.1) is 0 Å². The van der Waals surface area contributed by atoms with Gasteiger partial charge in [0.2, 0.25) is 4.62 Å². The van der Waals surface area contributed by atoms with Gasteiger partial charge < -0.3 is 17.6 Å². The second-order valence-electron chi connectivity index (χ2n) is 5.38. The summed E-state index contributed by atoms with van der Waals surface area (Å²) in [5, 5.41) is 0.491. The zero-order chi connectivity index (χ0) is 17.2. The summed E-state index contributed by atoms with van der Waals surface area (Å²) < 4.78 is 33.7. The van der Waals surface area contributed by atoms with Crippen molar-refractivity contribution in [1.82, 2.24) is 4.48 Å². The fraction of sp³-hybridized carbons (Fsp3) is 0. The molecule has 2 aliphatic rings. The summed E-state index contributed by atoms with van der Waals surface area (Å²) >= 11 is 16.4. The van der Waals surface area contributed by atoms with Crippen molar-refractivity contribution < 1.29 is 13.1 Å². The Morgan fingerprint density at radius 3 is 2.50 bits per heavy atom. The first kappa shape index (κ1) is 16.8. The monoisotopic (exact) mass is 536 g/mol. The van der Waals surface area contributed by atoms with Gasteiger partial charge in [0.1, 0.15) is 0 Å². The van der Waals surface area contributed by atoms with Gasteiger partial charge in [0, 0.05) is 48.8 Å². The number of hydrogen-bond donors (Lipinski definition) is 0. The van der Waals surface area contributed by atoms with Crippen LogP contribution in [-0.2, 0) is 0 Å². The molecular formula is C15H7BBr3ClF2N2. The van der Waals surface area contributed by atoms with Crippen LogP contribution in [0.1, 0.15) is 11.3 Å². The smallest absolute Gasteiger partial charge is 0.389 e. The molecule has 0 aliphatic carbocycles. The first-order valence-corrected chi connectivity index (χ1v) is 9.68. The van der Waals surface area contributed by atoms with E-state index in [1.54, 1.807) is 30.4 Å². The van der Waals surface area contributed by atoms with Crippen LogP contribution in [0, 0.1) is 0 Å². The molecule has 3 heterocycles. The third-order valence-electron chi connectivity index (χ3n) is 4.08. The van der Waals surface area contributed by atoms with E-state index in [0.29, 0.717) is 36.8 Å². The molecule has 24 heavy (non-hydrogen) atoms. The van der Waals surface area contributed by atoms with E-state index in [2.05, 4.69) is 47.8 Å². The quantitative estimate of drug-likeness (QED) is 0.391. The van der Waals surface area contributed by atoms with Gasteiger partial charge in [-0.25, -0.2) is 0 Å². The van der Waals surface area contributed by atoms with Gasteiger partial charge in [0.15, 0.2) is 5.70 Å². The Morgan fingerprint density at radius 1 is 1.04 bits per heavy atom. The average molecular weight is 539 g/mol. The lowest BCUT2D eigenvalue weighted by Crippen LogP contribution is -2.50. The van der Waals surface area contributed by atoms with Gasteiger partial charge in [-0.05, 0) is 40.2 Å². The molecule has 0 radical (unpaired) electrons. The second kappa shape index (κ2) is 5.66. The summed E-state index contributed by atoms with van der Waals surface area (Å²) in [6.07, 6.45) is 3.30. The molecule has 0 spiro atoms. The third-order valence-corrected chi connectivity index (χ3v) is 6.35. The number of rotatable bonds is 1. The largest absolute Gasteiger partial charge is 0.738 e. The van der Waals surface area contributed by atoms with Crippen LogP contribution in [0.5, 0.6) is 0 Å². The Bertz CT molecular complexity index is 974. The molecule has 0 unspecified atom stereocenters. The number of halogens is 6. The fourth-order valence-electron chi connectivity index (χ4n) is 3.13. The average Bonchev–Trinajstić information content (AvgIpc) is 3.07. The Morgan fingerprint density at radius 2 is 1.79 bits per heavy atom. The van der Waals surface area contributed by atoms with Gasteiger partial charge in [-0.2, -0.15) is 0 Å². The number of fused-ring (bicyclic) bond motifs is 2. The van der Waals surface area contributed by atoms with E-state index < -0.39 is 6.97 Å². The molecule has 2 aromatic rings. The van der Waals surface area contributed by atoms with Crippen LogP contribution in [-0.4, -0.2) is 20.6 Å². The second-order valence-corrected chi connectivity index (χ2v) is 8.27. The fourth-order valence-corrected chi connectivity index (χ4v) is 5.21. The van der Waals surface area contributed by atoms with E-state index in [4.69, 9.17) is 11.6 Å². The maximum absolute atomic E-state index is 15.1. The Balaban J connectivity index is 2.17. The van der Waals surface area contributed by atoms with Crippen LogP contribution in [0.2, 0.25) is 5.02 Å². The SMILES string of the molecule is F[B-]1(F)n2c(Br)ccc2C(c2c(Cl)cccc2Br)=C2C=CC(Br)=[N+]21. The van der Waals surface area contributed by atoms with Crippen molar-refractivity contribution in [2.45, 2.75) is 0 Å². The summed E-state index contributed by atoms with van der Waals surface area (Å²) in [6.45, 7) is -4.03. The number of benzene rings is 1. The van der Waals surface area contributed by atoms with Crippen molar-refractivity contribution in [3.05, 3.63) is 73.5 Å². The normalized spacial score (nSPS) is 18.2. The van der Waals surface area contributed by atoms with Crippen LogP contribution < -0.4 is 0 Å². The standard InChI is InChI=1S/C15H7BBr3ClF2N2/c17-8-2-1-3-9(20)14(8)15-10-4-6-12(18)23(10)16(21,22)24-11(15)5-7-13(24)19/h1-7H. The minimum Gasteiger partial charge on any atom is -0.389 e. The highest BCUT2D eigenvalue weighted by atomic mass is 79.9. The molecule has 0 saturated heterocycles. The predicted octanol–water partition coefficient (Wildman–Crippen LogP) is 6.04. The van der Waals surface area contributed by atoms with Crippen molar-refractivity contribution in [2.75, 3.05) is 0 Å². The lowest BCUT2D eigenvalue weighted by molar-refractivity contribution is -0.358. The molecule has 9 heteroatoms. The summed E-state index contributed by atoms with van der Waals surface area (Å²) in [4.78, 5) is 0. The van der Waals surface area contributed by atoms with Crippen LogP contribution in [0.25, 0.3) is 5.57 Å². The molecule has 122 valence electrons. The van der Waals surface area contributed by atoms with Gasteiger partial charge in [0.05, 0.1) is 10.2 Å². The summed E-state index contributed by atoms with van der Waals surface area (Å²) in [5.41, 5.74) is 2.17. The van der Waals surface area contributed by atoms with E-state index in [1.807, 2.05) is 12.1 Å². The van der Waals surface area contributed by atoms with Crippen molar-refractivity contribution in [1.29, 1.82) is 0 Å². The van der Waals surface area contributed by atoms with Crippen molar-refractivity contribution in [3.63, 3.8) is 0 Å². The van der Waals surface area contributed by atoms with Crippen molar-refractivity contribution >= 4 is 76.6 Å². The van der Waals surface area contributed by atoms with Crippen molar-refractivity contribution in [2.24, 2.45) is 0 Å². The van der Waals surface area contributed by atoms with Crippen molar-refractivity contribution in [3.8, 4) is 0 Å². The molecule has 2 aliphatic heterocycles. The van der Waals surface area contributed by atoms with Crippen LogP contribution in [0.15, 0.2) is 57.3 Å². The third kappa shape index (κ3) is 2.19.